The van der Waals surface area contributed by atoms with Crippen molar-refractivity contribution in [3.8, 4) is 0 Å². The number of hydrogen-bond acceptors (Lipinski definition) is 3. The molecule has 4 nitrogen and oxygen atoms in total. The molecule has 2 aliphatic rings. The van der Waals surface area contributed by atoms with E-state index >= 15 is 0 Å². The predicted octanol–water partition coefficient (Wildman–Crippen LogP) is 4.19. The van der Waals surface area contributed by atoms with Crippen molar-refractivity contribution in [1.29, 1.82) is 0 Å². The van der Waals surface area contributed by atoms with Crippen LogP contribution in [0.4, 0.5) is 5.69 Å². The zero-order valence-corrected chi connectivity index (χ0v) is 17.7. The standard InChI is InChI=1S/C25H25NO3S/c1-30(28,29)26(19-10-3-2-4-11-19)24-17-18-9-5-7-13-21(18)25(24)16-15-23(27)20-12-6-8-14-22(20)25/h2-14,23-24,27H,15-17H2,1H3/t23-,24-,25-/m0/s1. The number of rotatable bonds is 3. The molecule has 154 valence electrons. The summed E-state index contributed by atoms with van der Waals surface area (Å²) in [6, 6.07) is 25.4. The van der Waals surface area contributed by atoms with E-state index in [1.54, 1.807) is 4.31 Å². The van der Waals surface area contributed by atoms with E-state index in [2.05, 4.69) is 18.2 Å². The Morgan fingerprint density at radius 3 is 2.27 bits per heavy atom. The highest BCUT2D eigenvalue weighted by Crippen LogP contribution is 2.55. The van der Waals surface area contributed by atoms with Gasteiger partial charge in [0, 0.05) is 5.41 Å². The lowest BCUT2D eigenvalue weighted by molar-refractivity contribution is 0.137. The molecule has 3 atom stereocenters. The second-order valence-corrected chi connectivity index (χ2v) is 10.2. The van der Waals surface area contributed by atoms with Crippen LogP contribution in [0.5, 0.6) is 0 Å². The van der Waals surface area contributed by atoms with Gasteiger partial charge in [0.2, 0.25) is 10.0 Å². The summed E-state index contributed by atoms with van der Waals surface area (Å²) in [5.74, 6) is 0. The van der Waals surface area contributed by atoms with Gasteiger partial charge in [0.1, 0.15) is 0 Å². The van der Waals surface area contributed by atoms with E-state index < -0.39 is 21.5 Å². The summed E-state index contributed by atoms with van der Waals surface area (Å²) < 4.78 is 27.9. The largest absolute Gasteiger partial charge is 0.388 e. The Bertz CT molecular complexity index is 1190. The lowest BCUT2D eigenvalue weighted by Gasteiger charge is -2.46. The molecular weight excluding hydrogens is 394 g/mol. The highest BCUT2D eigenvalue weighted by Gasteiger charge is 2.54. The van der Waals surface area contributed by atoms with Gasteiger partial charge in [-0.2, -0.15) is 0 Å². The Morgan fingerprint density at radius 2 is 1.53 bits per heavy atom. The summed E-state index contributed by atoms with van der Waals surface area (Å²) in [5, 5.41) is 10.7. The molecule has 1 spiro atoms. The lowest BCUT2D eigenvalue weighted by Crippen LogP contribution is -2.53. The van der Waals surface area contributed by atoms with Crippen LogP contribution in [0.15, 0.2) is 78.9 Å². The van der Waals surface area contributed by atoms with Crippen LogP contribution in [0.25, 0.3) is 0 Å². The van der Waals surface area contributed by atoms with Crippen LogP contribution in [0, 0.1) is 0 Å². The van der Waals surface area contributed by atoms with Crippen LogP contribution in [0.2, 0.25) is 0 Å². The zero-order chi connectivity index (χ0) is 20.9. The smallest absolute Gasteiger partial charge is 0.232 e. The van der Waals surface area contributed by atoms with Crippen LogP contribution in [0.3, 0.4) is 0 Å². The molecule has 30 heavy (non-hydrogen) atoms. The molecule has 0 amide bonds. The molecular formula is C25H25NO3S. The second kappa shape index (κ2) is 6.96. The van der Waals surface area contributed by atoms with Crippen LogP contribution in [0.1, 0.15) is 41.2 Å². The molecule has 0 unspecified atom stereocenters. The second-order valence-electron chi connectivity index (χ2n) is 8.38. The normalized spacial score (nSPS) is 25.0. The molecule has 0 radical (unpaired) electrons. The minimum atomic E-state index is -3.54. The van der Waals surface area contributed by atoms with Crippen molar-refractivity contribution in [3.05, 3.63) is 101 Å². The van der Waals surface area contributed by atoms with Gasteiger partial charge in [0.05, 0.1) is 24.1 Å². The van der Waals surface area contributed by atoms with E-state index in [1.807, 2.05) is 60.7 Å². The fourth-order valence-corrected chi connectivity index (χ4v) is 6.85. The molecule has 0 aromatic heterocycles. The Balaban J connectivity index is 1.80. The van der Waals surface area contributed by atoms with Gasteiger partial charge in [-0.3, -0.25) is 4.31 Å². The Labute approximate surface area is 177 Å². The van der Waals surface area contributed by atoms with E-state index in [0.717, 1.165) is 11.1 Å². The molecule has 0 heterocycles. The highest BCUT2D eigenvalue weighted by molar-refractivity contribution is 7.92. The van der Waals surface area contributed by atoms with E-state index in [-0.39, 0.29) is 6.04 Å². The van der Waals surface area contributed by atoms with Crippen molar-refractivity contribution >= 4 is 15.7 Å². The van der Waals surface area contributed by atoms with Crippen molar-refractivity contribution in [2.45, 2.75) is 36.8 Å². The molecule has 5 heteroatoms. The topological polar surface area (TPSA) is 57.6 Å². The minimum Gasteiger partial charge on any atom is -0.388 e. The Morgan fingerprint density at radius 1 is 0.900 bits per heavy atom. The quantitative estimate of drug-likeness (QED) is 0.693. The van der Waals surface area contributed by atoms with Crippen LogP contribution in [-0.4, -0.2) is 25.8 Å². The average molecular weight is 420 g/mol. The summed E-state index contributed by atoms with van der Waals surface area (Å²) >= 11 is 0. The maximum atomic E-state index is 13.1. The number of benzene rings is 3. The summed E-state index contributed by atoms with van der Waals surface area (Å²) in [7, 11) is -3.54. The van der Waals surface area contributed by atoms with Gasteiger partial charge in [-0.05, 0) is 53.6 Å². The highest BCUT2D eigenvalue weighted by atomic mass is 32.2. The molecule has 3 aromatic rings. The molecule has 1 N–H and O–H groups in total. The fraction of sp³-hybridized carbons (Fsp3) is 0.280. The third-order valence-electron chi connectivity index (χ3n) is 6.74. The predicted molar refractivity (Wildman–Crippen MR) is 119 cm³/mol. The third-order valence-corrected chi connectivity index (χ3v) is 7.92. The Hall–Kier alpha value is -2.63. The molecule has 0 saturated carbocycles. The molecule has 5 rings (SSSR count). The Kier molecular flexibility index (Phi) is 4.49. The van der Waals surface area contributed by atoms with Crippen LogP contribution in [-0.2, 0) is 21.9 Å². The average Bonchev–Trinajstić information content (AvgIpc) is 3.05. The summed E-state index contributed by atoms with van der Waals surface area (Å²) in [5.41, 5.74) is 4.50. The van der Waals surface area contributed by atoms with Gasteiger partial charge in [-0.15, -0.1) is 0 Å². The number of hydrogen-bond donors (Lipinski definition) is 1. The first-order valence-corrected chi connectivity index (χ1v) is 12.2. The van der Waals surface area contributed by atoms with Gasteiger partial charge < -0.3 is 5.11 Å². The van der Waals surface area contributed by atoms with Gasteiger partial charge in [0.25, 0.3) is 0 Å². The number of sulfonamides is 1. The van der Waals surface area contributed by atoms with E-state index in [4.69, 9.17) is 0 Å². The lowest BCUT2D eigenvalue weighted by atomic mass is 9.64. The SMILES string of the molecule is CS(=O)(=O)N(c1ccccc1)[C@H]1Cc2ccccc2[C@]12CC[C@H](O)c1ccccc12. The van der Waals surface area contributed by atoms with Gasteiger partial charge in [-0.25, -0.2) is 8.42 Å². The first-order valence-electron chi connectivity index (χ1n) is 10.3. The van der Waals surface area contributed by atoms with Gasteiger partial charge in [0.15, 0.2) is 0 Å². The zero-order valence-electron chi connectivity index (χ0n) is 16.9. The number of anilines is 1. The third kappa shape index (κ3) is 2.80. The molecule has 2 aliphatic carbocycles. The minimum absolute atomic E-state index is 0.291. The summed E-state index contributed by atoms with van der Waals surface area (Å²) in [6.07, 6.45) is 2.71. The number of nitrogens with zero attached hydrogens (tertiary/aromatic N) is 1. The molecule has 0 saturated heterocycles. The number of fused-ring (bicyclic) bond motifs is 4. The monoisotopic (exact) mass is 419 g/mol. The van der Waals surface area contributed by atoms with Crippen molar-refractivity contribution in [2.75, 3.05) is 10.6 Å². The maximum Gasteiger partial charge on any atom is 0.232 e. The van der Waals surface area contributed by atoms with E-state index in [1.165, 1.54) is 17.4 Å². The molecule has 0 fully saturated rings. The van der Waals surface area contributed by atoms with Crippen LogP contribution < -0.4 is 4.31 Å². The van der Waals surface area contributed by atoms with E-state index in [0.29, 0.717) is 24.9 Å². The molecule has 0 aliphatic heterocycles. The molecule has 3 aromatic carbocycles. The van der Waals surface area contributed by atoms with Gasteiger partial charge >= 0.3 is 0 Å². The van der Waals surface area contributed by atoms with E-state index in [9.17, 15) is 13.5 Å². The number of aliphatic hydroxyl groups excluding tert-OH is 1. The molecule has 0 bridgehead atoms. The first-order chi connectivity index (χ1) is 14.4. The first kappa shape index (κ1) is 19.3. The maximum absolute atomic E-state index is 13.1. The summed E-state index contributed by atoms with van der Waals surface area (Å²) in [4.78, 5) is 0. The number of para-hydroxylation sites is 1. The van der Waals surface area contributed by atoms with Crippen molar-refractivity contribution in [3.63, 3.8) is 0 Å². The van der Waals surface area contributed by atoms with Crippen molar-refractivity contribution in [1.82, 2.24) is 0 Å². The number of aliphatic hydroxyl groups is 1. The van der Waals surface area contributed by atoms with Gasteiger partial charge in [-0.1, -0.05) is 66.7 Å². The summed E-state index contributed by atoms with van der Waals surface area (Å²) in [6.45, 7) is 0. The van der Waals surface area contributed by atoms with Crippen molar-refractivity contribution in [2.24, 2.45) is 0 Å². The fourth-order valence-electron chi connectivity index (χ4n) is 5.63. The van der Waals surface area contributed by atoms with Crippen molar-refractivity contribution < 1.29 is 13.5 Å². The van der Waals surface area contributed by atoms with Crippen LogP contribution >= 0.6 is 0 Å².